The van der Waals surface area contributed by atoms with E-state index in [9.17, 15) is 13.2 Å². The Kier molecular flexibility index (Phi) is 5.44. The summed E-state index contributed by atoms with van der Waals surface area (Å²) in [6.45, 7) is 1.98. The lowest BCUT2D eigenvalue weighted by molar-refractivity contribution is 0.0589. The zero-order valence-electron chi connectivity index (χ0n) is 15.8. The van der Waals surface area contributed by atoms with E-state index in [1.807, 2.05) is 13.0 Å². The summed E-state index contributed by atoms with van der Waals surface area (Å²) >= 11 is 1.51. The van der Waals surface area contributed by atoms with E-state index in [1.54, 1.807) is 18.2 Å². The Morgan fingerprint density at radius 1 is 1.36 bits per heavy atom. The van der Waals surface area contributed by atoms with Gasteiger partial charge in [0.2, 0.25) is 0 Å². The molecule has 0 saturated heterocycles. The number of carbonyl (C=O) groups is 1. The van der Waals surface area contributed by atoms with Crippen molar-refractivity contribution in [1.82, 2.24) is 4.57 Å². The Labute approximate surface area is 168 Å². The third-order valence-corrected chi connectivity index (χ3v) is 6.94. The average Bonchev–Trinajstić information content (AvgIpc) is 3.03. The molecule has 0 fully saturated rings. The van der Waals surface area contributed by atoms with Gasteiger partial charge in [-0.3, -0.25) is 9.71 Å². The van der Waals surface area contributed by atoms with Gasteiger partial charge in [0.15, 0.2) is 10.2 Å². The molecule has 0 amide bonds. The molecule has 2 aromatic rings. The topological polar surface area (TPSA) is 116 Å². The molecule has 1 unspecified atom stereocenters. The summed E-state index contributed by atoms with van der Waals surface area (Å²) in [6.07, 6.45) is 0.800. The van der Waals surface area contributed by atoms with Crippen molar-refractivity contribution in [2.75, 3.05) is 17.6 Å². The summed E-state index contributed by atoms with van der Waals surface area (Å²) in [6, 6.07) is 9.88. The number of ether oxygens (including phenoxy) is 1. The fraction of sp³-hybridized carbons (Fsp3) is 0.333. The number of rotatable bonds is 5. The van der Waals surface area contributed by atoms with Crippen LogP contribution in [0.3, 0.4) is 0 Å². The number of amidine groups is 1. The van der Waals surface area contributed by atoms with Gasteiger partial charge in [0, 0.05) is 18.5 Å². The molecule has 0 spiro atoms. The highest BCUT2D eigenvalue weighted by atomic mass is 32.2. The van der Waals surface area contributed by atoms with Crippen molar-refractivity contribution in [3.63, 3.8) is 0 Å². The average molecular weight is 423 g/mol. The molecule has 1 aliphatic heterocycles. The van der Waals surface area contributed by atoms with Crippen LogP contribution in [0, 0.1) is 0 Å². The zero-order chi connectivity index (χ0) is 20.5. The number of thioether (sulfide) groups is 1. The predicted molar refractivity (Wildman–Crippen MR) is 110 cm³/mol. The summed E-state index contributed by atoms with van der Waals surface area (Å²) in [5.74, 6) is 0.242. The van der Waals surface area contributed by atoms with E-state index in [4.69, 9.17) is 5.73 Å². The minimum atomic E-state index is -3.90. The molecule has 1 aromatic carbocycles. The smallest absolute Gasteiger partial charge is 0.354 e. The molecule has 28 heavy (non-hydrogen) atoms. The van der Waals surface area contributed by atoms with Gasteiger partial charge in [-0.2, -0.15) is 8.42 Å². The number of esters is 1. The summed E-state index contributed by atoms with van der Waals surface area (Å²) in [5, 5.41) is 0.486. The Morgan fingerprint density at radius 2 is 2.11 bits per heavy atom. The van der Waals surface area contributed by atoms with E-state index in [0.29, 0.717) is 10.9 Å². The van der Waals surface area contributed by atoms with Crippen LogP contribution in [0.5, 0.6) is 0 Å². The second-order valence-electron chi connectivity index (χ2n) is 6.62. The van der Waals surface area contributed by atoms with E-state index < -0.39 is 21.5 Å². The Morgan fingerprint density at radius 3 is 2.79 bits per heavy atom. The number of sulfonamides is 1. The van der Waals surface area contributed by atoms with Crippen molar-refractivity contribution in [1.29, 1.82) is 0 Å². The first-order valence-corrected chi connectivity index (χ1v) is 11.0. The van der Waals surface area contributed by atoms with Crippen LogP contribution in [0.1, 0.15) is 29.4 Å². The van der Waals surface area contributed by atoms with E-state index in [-0.39, 0.29) is 10.7 Å². The van der Waals surface area contributed by atoms with Gasteiger partial charge in [0.25, 0.3) is 10.0 Å². The molecule has 3 rings (SSSR count). The van der Waals surface area contributed by atoms with Crippen LogP contribution in [0.2, 0.25) is 0 Å². The number of nitrogens with two attached hydrogens (primary N) is 1. The fourth-order valence-corrected chi connectivity index (χ4v) is 5.31. The maximum Gasteiger partial charge on any atom is 0.354 e. The molecule has 3 N–H and O–H groups in total. The number of methoxy groups -OCH3 is 1. The molecule has 0 bridgehead atoms. The lowest BCUT2D eigenvalue weighted by Gasteiger charge is -2.30. The predicted octanol–water partition coefficient (Wildman–Crippen LogP) is 2.28. The maximum atomic E-state index is 12.8. The van der Waals surface area contributed by atoms with Crippen LogP contribution in [-0.2, 0) is 27.3 Å². The number of anilines is 1. The van der Waals surface area contributed by atoms with Crippen LogP contribution in [0.15, 0.2) is 46.4 Å². The van der Waals surface area contributed by atoms with E-state index in [1.165, 1.54) is 42.6 Å². The molecule has 1 aliphatic rings. The normalized spacial score (nSPS) is 19.8. The van der Waals surface area contributed by atoms with Gasteiger partial charge in [-0.25, -0.2) is 4.79 Å². The summed E-state index contributed by atoms with van der Waals surface area (Å²) in [4.78, 5) is 16.3. The number of aliphatic imine (C=N–C) groups is 1. The standard InChI is InChI=1S/C18H22N4O4S2/c1-18(9-10-27-17(19)20-18)12-5-4-6-13(11-12)21-28(24,25)15-8-7-14(22(15)2)16(23)26-3/h4-8,11,21H,9-10H2,1-3H3,(H2,19,20). The molecule has 10 heteroatoms. The van der Waals surface area contributed by atoms with Gasteiger partial charge in [0.1, 0.15) is 5.69 Å². The van der Waals surface area contributed by atoms with Crippen molar-refractivity contribution in [2.24, 2.45) is 17.8 Å². The molecule has 150 valence electrons. The van der Waals surface area contributed by atoms with Crippen molar-refractivity contribution >= 4 is 38.6 Å². The highest BCUT2D eigenvalue weighted by molar-refractivity contribution is 8.13. The lowest BCUT2D eigenvalue weighted by atomic mass is 9.89. The van der Waals surface area contributed by atoms with Gasteiger partial charge < -0.3 is 15.0 Å². The van der Waals surface area contributed by atoms with E-state index >= 15 is 0 Å². The van der Waals surface area contributed by atoms with E-state index in [0.717, 1.165) is 17.7 Å². The molecule has 1 aromatic heterocycles. The molecule has 2 heterocycles. The number of benzene rings is 1. The van der Waals surface area contributed by atoms with Crippen molar-refractivity contribution in [3.05, 3.63) is 47.7 Å². The summed E-state index contributed by atoms with van der Waals surface area (Å²) < 4.78 is 34.2. The quantitative estimate of drug-likeness (QED) is 0.714. The number of nitrogens with one attached hydrogen (secondary N) is 1. The first-order chi connectivity index (χ1) is 13.2. The van der Waals surface area contributed by atoms with Crippen LogP contribution < -0.4 is 10.5 Å². The van der Waals surface area contributed by atoms with Gasteiger partial charge in [-0.1, -0.05) is 23.9 Å². The van der Waals surface area contributed by atoms with Gasteiger partial charge in [0.05, 0.1) is 12.6 Å². The Balaban J connectivity index is 1.91. The fourth-order valence-electron chi connectivity index (χ4n) is 3.09. The van der Waals surface area contributed by atoms with Gasteiger partial charge in [-0.15, -0.1) is 0 Å². The highest BCUT2D eigenvalue weighted by Gasteiger charge is 2.30. The van der Waals surface area contributed by atoms with Crippen molar-refractivity contribution < 1.29 is 17.9 Å². The maximum absolute atomic E-state index is 12.8. The second kappa shape index (κ2) is 7.51. The Hall–Kier alpha value is -2.46. The molecule has 0 saturated carbocycles. The minimum Gasteiger partial charge on any atom is -0.464 e. The van der Waals surface area contributed by atoms with Crippen molar-refractivity contribution in [3.8, 4) is 0 Å². The summed E-state index contributed by atoms with van der Waals surface area (Å²) in [5.41, 5.74) is 6.81. The SMILES string of the molecule is COC(=O)c1ccc(S(=O)(=O)Nc2cccc(C3(C)CCSC(N)=N3)c2)n1C. The van der Waals surface area contributed by atoms with Crippen LogP contribution >= 0.6 is 11.8 Å². The Bertz CT molecular complexity index is 1050. The molecular weight excluding hydrogens is 400 g/mol. The van der Waals surface area contributed by atoms with E-state index in [2.05, 4.69) is 14.5 Å². The largest absolute Gasteiger partial charge is 0.464 e. The number of hydrogen-bond donors (Lipinski definition) is 2. The molecule has 1 atom stereocenters. The van der Waals surface area contributed by atoms with Crippen LogP contribution in [-0.4, -0.2) is 37.0 Å². The lowest BCUT2D eigenvalue weighted by Crippen LogP contribution is -2.28. The minimum absolute atomic E-state index is 0.0409. The zero-order valence-corrected chi connectivity index (χ0v) is 17.4. The van der Waals surface area contributed by atoms with Gasteiger partial charge in [-0.05, 0) is 43.2 Å². The van der Waals surface area contributed by atoms with Gasteiger partial charge >= 0.3 is 5.97 Å². The molecule has 0 radical (unpaired) electrons. The number of nitrogens with zero attached hydrogens (tertiary/aromatic N) is 2. The van der Waals surface area contributed by atoms with Crippen LogP contribution in [0.25, 0.3) is 0 Å². The number of aromatic nitrogens is 1. The molecule has 0 aliphatic carbocycles. The first kappa shape index (κ1) is 20.3. The molecular formula is C18H22N4O4S2. The summed E-state index contributed by atoms with van der Waals surface area (Å²) in [7, 11) is -1.16. The third-order valence-electron chi connectivity index (χ3n) is 4.68. The second-order valence-corrected chi connectivity index (χ2v) is 9.36. The monoisotopic (exact) mass is 422 g/mol. The van der Waals surface area contributed by atoms with Crippen molar-refractivity contribution in [2.45, 2.75) is 23.9 Å². The first-order valence-electron chi connectivity index (χ1n) is 8.52. The number of carbonyl (C=O) groups excluding carboxylic acids is 1. The highest BCUT2D eigenvalue weighted by Crippen LogP contribution is 2.36. The van der Waals surface area contributed by atoms with Crippen LogP contribution in [0.4, 0.5) is 5.69 Å². The third kappa shape index (κ3) is 3.88. The number of hydrogen-bond acceptors (Lipinski definition) is 7. The molecule has 8 nitrogen and oxygen atoms in total.